The van der Waals surface area contributed by atoms with Crippen molar-refractivity contribution in [3.05, 3.63) is 84.0 Å². The minimum absolute atomic E-state index is 0.145. The molecule has 1 fully saturated rings. The van der Waals surface area contributed by atoms with Crippen molar-refractivity contribution in [2.75, 3.05) is 19.8 Å². The van der Waals surface area contributed by atoms with Gasteiger partial charge in [-0.2, -0.15) is 0 Å². The van der Waals surface area contributed by atoms with Gasteiger partial charge < -0.3 is 19.1 Å². The Morgan fingerprint density at radius 1 is 1.08 bits per heavy atom. The molecule has 0 radical (unpaired) electrons. The molecule has 1 aromatic carbocycles. The Kier molecular flexibility index (Phi) is 14.1. The first-order chi connectivity index (χ1) is 22.7. The number of hydrogen-bond acceptors (Lipinski definition) is 8. The molecule has 48 heavy (non-hydrogen) atoms. The van der Waals surface area contributed by atoms with Crippen LogP contribution in [0.3, 0.4) is 0 Å². The van der Waals surface area contributed by atoms with Crippen LogP contribution < -0.4 is 4.74 Å². The van der Waals surface area contributed by atoms with E-state index in [0.29, 0.717) is 37.7 Å². The molecule has 0 saturated carbocycles. The topological polar surface area (TPSA) is 112 Å². The standard InChI is InChI=1S/C38H49FN2O7/c1-25(2)11-14-34(42)47-24-38(6,7)35(43)36(44)41-19-9-8-10-32(41)37(45)48-33(13-12-28-15-17-40-18-16-28)29-20-30(39)22-31(21-29)46-23-27(5)26(3)4/h11,14-18,20-22,25-26,32-33H,5,8-10,12-13,19,23-24H2,1-4,6-7H3/b14-11-/t32-,33+/m0/s1. The van der Waals surface area contributed by atoms with E-state index >= 15 is 0 Å². The first kappa shape index (κ1) is 38.1. The molecular formula is C38H49FN2O7. The van der Waals surface area contributed by atoms with E-state index in [1.165, 1.54) is 37.0 Å². The molecular weight excluding hydrogens is 615 g/mol. The number of Topliss-reactive ketones (excluding diaryl/α,β-unsaturated/α-hetero) is 1. The van der Waals surface area contributed by atoms with Crippen LogP contribution in [0.2, 0.25) is 0 Å². The minimum Gasteiger partial charge on any atom is -0.489 e. The number of aryl methyl sites for hydroxylation is 1. The number of carbonyl (C=O) groups excluding carboxylic acids is 4. The lowest BCUT2D eigenvalue weighted by Crippen LogP contribution is -2.53. The summed E-state index contributed by atoms with van der Waals surface area (Å²) in [6.45, 7) is 15.0. The highest BCUT2D eigenvalue weighted by molar-refractivity contribution is 6.38. The lowest BCUT2D eigenvalue weighted by Gasteiger charge is -2.36. The lowest BCUT2D eigenvalue weighted by molar-refractivity contribution is -0.165. The predicted octanol–water partition coefficient (Wildman–Crippen LogP) is 6.76. The van der Waals surface area contributed by atoms with Crippen molar-refractivity contribution in [3.8, 4) is 5.75 Å². The SMILES string of the molecule is C=C(COc1cc(F)cc([C@@H](CCc2ccncc2)OC(=O)[C@@H]2CCCCN2C(=O)C(=O)C(C)(C)COC(=O)/C=C\C(C)C)c1)C(C)C. The van der Waals surface area contributed by atoms with Crippen molar-refractivity contribution in [1.29, 1.82) is 0 Å². The molecule has 260 valence electrons. The van der Waals surface area contributed by atoms with E-state index in [0.717, 1.165) is 11.1 Å². The number of rotatable bonds is 16. The zero-order valence-corrected chi connectivity index (χ0v) is 29.0. The highest BCUT2D eigenvalue weighted by Gasteiger charge is 2.42. The second-order valence-electron chi connectivity index (χ2n) is 13.6. The number of esters is 2. The number of halogens is 1. The number of ether oxygens (including phenoxy) is 3. The van der Waals surface area contributed by atoms with E-state index in [9.17, 15) is 23.6 Å². The van der Waals surface area contributed by atoms with Crippen LogP contribution in [-0.4, -0.2) is 59.3 Å². The fourth-order valence-electron chi connectivity index (χ4n) is 5.03. The van der Waals surface area contributed by atoms with Gasteiger partial charge in [0.25, 0.3) is 5.91 Å². The Hall–Kier alpha value is -4.34. The van der Waals surface area contributed by atoms with Crippen LogP contribution in [0.15, 0.2) is 67.0 Å². The monoisotopic (exact) mass is 664 g/mol. The highest BCUT2D eigenvalue weighted by atomic mass is 19.1. The molecule has 1 aromatic heterocycles. The molecule has 0 unspecified atom stereocenters. The van der Waals surface area contributed by atoms with E-state index in [1.54, 1.807) is 24.5 Å². The maximum absolute atomic E-state index is 14.9. The number of carbonyl (C=O) groups is 4. The summed E-state index contributed by atoms with van der Waals surface area (Å²) in [5.74, 6) is -2.84. The molecule has 0 N–H and O–H groups in total. The first-order valence-electron chi connectivity index (χ1n) is 16.6. The second-order valence-corrected chi connectivity index (χ2v) is 13.6. The van der Waals surface area contributed by atoms with Crippen LogP contribution >= 0.6 is 0 Å². The van der Waals surface area contributed by atoms with Gasteiger partial charge in [0.05, 0.1) is 5.41 Å². The van der Waals surface area contributed by atoms with Crippen LogP contribution in [0.25, 0.3) is 0 Å². The molecule has 1 amide bonds. The van der Waals surface area contributed by atoms with Crippen LogP contribution in [0.4, 0.5) is 4.39 Å². The number of likely N-dealkylation sites (tertiary alicyclic amines) is 1. The van der Waals surface area contributed by atoms with Gasteiger partial charge in [0.1, 0.15) is 36.9 Å². The Labute approximate surface area is 283 Å². The summed E-state index contributed by atoms with van der Waals surface area (Å²) in [6.07, 6.45) is 7.82. The number of ketones is 1. The van der Waals surface area contributed by atoms with E-state index in [-0.39, 0.29) is 37.3 Å². The number of piperidine rings is 1. The van der Waals surface area contributed by atoms with Gasteiger partial charge in [0.2, 0.25) is 5.78 Å². The third-order valence-electron chi connectivity index (χ3n) is 8.25. The second kappa shape index (κ2) is 17.7. The van der Waals surface area contributed by atoms with Gasteiger partial charge >= 0.3 is 11.9 Å². The van der Waals surface area contributed by atoms with E-state index < -0.39 is 47.0 Å². The van der Waals surface area contributed by atoms with Crippen molar-refractivity contribution in [2.24, 2.45) is 17.3 Å². The summed E-state index contributed by atoms with van der Waals surface area (Å²) in [5.41, 5.74) is 0.884. The molecule has 3 rings (SSSR count). The van der Waals surface area contributed by atoms with Gasteiger partial charge in [0.15, 0.2) is 0 Å². The number of amides is 1. The molecule has 2 atom stereocenters. The Morgan fingerprint density at radius 3 is 2.46 bits per heavy atom. The number of benzene rings is 1. The van der Waals surface area contributed by atoms with Crippen LogP contribution in [-0.2, 0) is 35.1 Å². The number of hydrogen-bond donors (Lipinski definition) is 0. The lowest BCUT2D eigenvalue weighted by atomic mass is 9.87. The molecule has 2 heterocycles. The number of aromatic nitrogens is 1. The average molecular weight is 665 g/mol. The predicted molar refractivity (Wildman–Crippen MR) is 180 cm³/mol. The highest BCUT2D eigenvalue weighted by Crippen LogP contribution is 2.31. The zero-order chi connectivity index (χ0) is 35.4. The van der Waals surface area contributed by atoms with E-state index in [2.05, 4.69) is 11.6 Å². The van der Waals surface area contributed by atoms with Crippen LogP contribution in [0.5, 0.6) is 5.75 Å². The van der Waals surface area contributed by atoms with Crippen LogP contribution in [0.1, 0.15) is 84.5 Å². The Morgan fingerprint density at radius 2 is 1.79 bits per heavy atom. The molecule has 2 aromatic rings. The Bertz CT molecular complexity index is 1470. The quantitative estimate of drug-likeness (QED) is 0.0838. The molecule has 1 aliphatic heterocycles. The van der Waals surface area contributed by atoms with E-state index in [4.69, 9.17) is 14.2 Å². The molecule has 0 spiro atoms. The molecule has 1 aliphatic rings. The van der Waals surface area contributed by atoms with Crippen molar-refractivity contribution in [3.63, 3.8) is 0 Å². The van der Waals surface area contributed by atoms with Gasteiger partial charge in [-0.05, 0) is 98.8 Å². The third kappa shape index (κ3) is 11.4. The van der Waals surface area contributed by atoms with Gasteiger partial charge in [-0.15, -0.1) is 0 Å². The van der Waals surface area contributed by atoms with Crippen LogP contribution in [0, 0.1) is 23.1 Å². The average Bonchev–Trinajstić information content (AvgIpc) is 3.06. The molecule has 9 nitrogen and oxygen atoms in total. The summed E-state index contributed by atoms with van der Waals surface area (Å²) in [4.78, 5) is 58.3. The number of pyridine rings is 1. The first-order valence-corrected chi connectivity index (χ1v) is 16.6. The summed E-state index contributed by atoms with van der Waals surface area (Å²) in [6, 6.07) is 6.92. The van der Waals surface area contributed by atoms with Gasteiger partial charge in [-0.3, -0.25) is 14.6 Å². The van der Waals surface area contributed by atoms with Crippen molar-refractivity contribution >= 4 is 23.6 Å². The Balaban J connectivity index is 1.81. The number of allylic oxidation sites excluding steroid dienone is 1. The normalized spacial score (nSPS) is 15.8. The summed E-state index contributed by atoms with van der Waals surface area (Å²) < 4.78 is 32.1. The van der Waals surface area contributed by atoms with Gasteiger partial charge in [-0.25, -0.2) is 14.0 Å². The van der Waals surface area contributed by atoms with Crippen molar-refractivity contribution in [2.45, 2.75) is 85.8 Å². The fraction of sp³-hybridized carbons (Fsp3) is 0.500. The molecule has 0 bridgehead atoms. The fourth-order valence-corrected chi connectivity index (χ4v) is 5.03. The minimum atomic E-state index is -1.32. The zero-order valence-electron chi connectivity index (χ0n) is 29.0. The summed E-state index contributed by atoms with van der Waals surface area (Å²) >= 11 is 0. The van der Waals surface area contributed by atoms with Crippen molar-refractivity contribution < 1.29 is 37.8 Å². The van der Waals surface area contributed by atoms with E-state index in [1.807, 2.05) is 39.8 Å². The molecule has 1 saturated heterocycles. The van der Waals surface area contributed by atoms with Gasteiger partial charge in [-0.1, -0.05) is 40.3 Å². The maximum atomic E-state index is 14.9. The van der Waals surface area contributed by atoms with Crippen molar-refractivity contribution in [1.82, 2.24) is 9.88 Å². The van der Waals surface area contributed by atoms with Gasteiger partial charge in [0, 0.05) is 31.1 Å². The largest absolute Gasteiger partial charge is 0.489 e. The summed E-state index contributed by atoms with van der Waals surface area (Å²) in [7, 11) is 0. The maximum Gasteiger partial charge on any atom is 0.330 e. The smallest absolute Gasteiger partial charge is 0.330 e. The molecule has 0 aliphatic carbocycles. The number of nitrogens with zero attached hydrogens (tertiary/aromatic N) is 2. The third-order valence-corrected chi connectivity index (χ3v) is 8.25. The summed E-state index contributed by atoms with van der Waals surface area (Å²) in [5, 5.41) is 0. The molecule has 10 heteroatoms.